The van der Waals surface area contributed by atoms with Crippen LogP contribution in [0.2, 0.25) is 0 Å². The molecule has 0 aromatic carbocycles. The van der Waals surface area contributed by atoms with Gasteiger partial charge < -0.3 is 0 Å². The average molecular weight is 150 g/mol. The van der Waals surface area contributed by atoms with Crippen LogP contribution in [-0.2, 0) is 4.79 Å². The van der Waals surface area contributed by atoms with E-state index in [1.165, 1.54) is 19.3 Å². The molecule has 0 amide bonds. The van der Waals surface area contributed by atoms with Crippen molar-refractivity contribution < 1.29 is 4.79 Å². The number of hydrogen-bond acceptors (Lipinski definition) is 1. The molecule has 0 aromatic rings. The van der Waals surface area contributed by atoms with Gasteiger partial charge in [0.2, 0.25) is 0 Å². The second-order valence-corrected chi connectivity index (χ2v) is 3.63. The number of carbonyl (C=O) groups excluding carboxylic acids is 1. The molecule has 0 radical (unpaired) electrons. The highest BCUT2D eigenvalue weighted by Gasteiger charge is 2.26. The van der Waals surface area contributed by atoms with Crippen molar-refractivity contribution in [2.24, 2.45) is 5.92 Å². The van der Waals surface area contributed by atoms with Crippen molar-refractivity contribution in [1.29, 1.82) is 0 Å². The molecule has 11 heavy (non-hydrogen) atoms. The lowest BCUT2D eigenvalue weighted by Gasteiger charge is -2.18. The molecule has 2 aliphatic rings. The lowest BCUT2D eigenvalue weighted by atomic mass is 9.85. The molecular weight excluding hydrogens is 136 g/mol. The Morgan fingerprint density at radius 2 is 1.91 bits per heavy atom. The Hall–Kier alpha value is -0.590. The third kappa shape index (κ3) is 1.52. The van der Waals surface area contributed by atoms with E-state index in [-0.39, 0.29) is 0 Å². The Bertz CT molecular complexity index is 197. The van der Waals surface area contributed by atoms with Crippen molar-refractivity contribution in [2.45, 2.75) is 38.5 Å². The fraction of sp³-hybridized carbons (Fsp3) is 0.700. The molecule has 1 saturated carbocycles. The van der Waals surface area contributed by atoms with Crippen LogP contribution in [0.5, 0.6) is 0 Å². The van der Waals surface area contributed by atoms with Gasteiger partial charge in [-0.1, -0.05) is 25.3 Å². The Morgan fingerprint density at radius 1 is 1.27 bits per heavy atom. The molecule has 0 aliphatic heterocycles. The molecule has 0 heterocycles. The van der Waals surface area contributed by atoms with Crippen molar-refractivity contribution in [3.05, 3.63) is 11.6 Å². The SMILES string of the molecule is O=C(C1=CC1)C1CCCCC1. The van der Waals surface area contributed by atoms with E-state index in [0.29, 0.717) is 11.7 Å². The Labute approximate surface area is 67.5 Å². The van der Waals surface area contributed by atoms with Gasteiger partial charge in [0.15, 0.2) is 5.78 Å². The first-order chi connectivity index (χ1) is 5.38. The molecule has 2 aliphatic carbocycles. The number of ketones is 1. The Morgan fingerprint density at radius 3 is 2.45 bits per heavy atom. The molecule has 0 aromatic heterocycles. The van der Waals surface area contributed by atoms with Crippen LogP contribution in [0.3, 0.4) is 0 Å². The standard InChI is InChI=1S/C10H14O/c11-10(9-6-7-9)8-4-2-1-3-5-8/h6,8H,1-5,7H2. The summed E-state index contributed by atoms with van der Waals surface area (Å²) in [6, 6.07) is 0. The molecule has 0 unspecified atom stereocenters. The topological polar surface area (TPSA) is 17.1 Å². The number of carbonyl (C=O) groups is 1. The van der Waals surface area contributed by atoms with Gasteiger partial charge in [0.25, 0.3) is 0 Å². The van der Waals surface area contributed by atoms with Gasteiger partial charge in [0.05, 0.1) is 0 Å². The van der Waals surface area contributed by atoms with Crippen molar-refractivity contribution in [1.82, 2.24) is 0 Å². The molecule has 2 rings (SSSR count). The highest BCUT2D eigenvalue weighted by atomic mass is 16.1. The largest absolute Gasteiger partial charge is 0.294 e. The molecule has 0 spiro atoms. The second-order valence-electron chi connectivity index (χ2n) is 3.63. The van der Waals surface area contributed by atoms with Gasteiger partial charge in [0.1, 0.15) is 0 Å². The van der Waals surface area contributed by atoms with Gasteiger partial charge >= 0.3 is 0 Å². The minimum Gasteiger partial charge on any atom is -0.294 e. The molecule has 1 nitrogen and oxygen atoms in total. The third-order valence-corrected chi connectivity index (χ3v) is 2.70. The minimum absolute atomic E-state index is 0.400. The summed E-state index contributed by atoms with van der Waals surface area (Å²) in [7, 11) is 0. The summed E-state index contributed by atoms with van der Waals surface area (Å²) < 4.78 is 0. The Kier molecular flexibility index (Phi) is 1.80. The first-order valence-corrected chi connectivity index (χ1v) is 4.61. The molecule has 0 bridgehead atoms. The second kappa shape index (κ2) is 2.80. The van der Waals surface area contributed by atoms with Crippen molar-refractivity contribution in [2.75, 3.05) is 0 Å². The fourth-order valence-electron chi connectivity index (χ4n) is 1.88. The number of rotatable bonds is 2. The maximum absolute atomic E-state index is 11.5. The smallest absolute Gasteiger partial charge is 0.161 e. The van der Waals surface area contributed by atoms with Crippen LogP contribution in [0.25, 0.3) is 0 Å². The molecule has 1 heteroatoms. The van der Waals surface area contributed by atoms with Crippen LogP contribution in [-0.4, -0.2) is 5.78 Å². The van der Waals surface area contributed by atoms with Crippen LogP contribution < -0.4 is 0 Å². The summed E-state index contributed by atoms with van der Waals surface area (Å²) in [6.07, 6.45) is 9.20. The average Bonchev–Trinajstić information content (AvgIpc) is 2.87. The molecule has 0 atom stereocenters. The van der Waals surface area contributed by atoms with Crippen LogP contribution in [0.4, 0.5) is 0 Å². The predicted octanol–water partition coefficient (Wildman–Crippen LogP) is 2.47. The maximum atomic E-state index is 11.5. The van der Waals surface area contributed by atoms with Crippen LogP contribution in [0.15, 0.2) is 11.6 Å². The fourth-order valence-corrected chi connectivity index (χ4v) is 1.88. The summed E-state index contributed by atoms with van der Waals surface area (Å²) in [5, 5.41) is 0. The van der Waals surface area contributed by atoms with E-state index in [2.05, 4.69) is 6.08 Å². The molecular formula is C10H14O. The summed E-state index contributed by atoms with van der Waals surface area (Å²) in [6.45, 7) is 0. The lowest BCUT2D eigenvalue weighted by molar-refractivity contribution is -0.119. The van der Waals surface area contributed by atoms with Gasteiger partial charge in [-0.2, -0.15) is 0 Å². The summed E-state index contributed by atoms with van der Waals surface area (Å²) >= 11 is 0. The number of Topliss-reactive ketones (excluding diaryl/α,β-unsaturated/α-hetero) is 1. The summed E-state index contributed by atoms with van der Waals surface area (Å²) in [5.41, 5.74) is 1.11. The normalized spacial score (nSPS) is 24.5. The van der Waals surface area contributed by atoms with Crippen LogP contribution in [0.1, 0.15) is 38.5 Å². The van der Waals surface area contributed by atoms with E-state index < -0.39 is 0 Å². The highest BCUT2D eigenvalue weighted by molar-refractivity contribution is 6.00. The lowest BCUT2D eigenvalue weighted by Crippen LogP contribution is -2.16. The van der Waals surface area contributed by atoms with Gasteiger partial charge in [-0.3, -0.25) is 4.79 Å². The minimum atomic E-state index is 0.400. The van der Waals surface area contributed by atoms with E-state index in [0.717, 1.165) is 24.8 Å². The van der Waals surface area contributed by atoms with Gasteiger partial charge in [-0.25, -0.2) is 0 Å². The number of hydrogen-bond donors (Lipinski definition) is 0. The van der Waals surface area contributed by atoms with E-state index >= 15 is 0 Å². The quantitative estimate of drug-likeness (QED) is 0.591. The van der Waals surface area contributed by atoms with Gasteiger partial charge in [-0.15, -0.1) is 0 Å². The highest BCUT2D eigenvalue weighted by Crippen LogP contribution is 2.31. The molecule has 0 N–H and O–H groups in total. The van der Waals surface area contributed by atoms with E-state index in [1.807, 2.05) is 0 Å². The molecule has 0 saturated heterocycles. The van der Waals surface area contributed by atoms with E-state index in [9.17, 15) is 4.79 Å². The van der Waals surface area contributed by atoms with Gasteiger partial charge in [0, 0.05) is 5.92 Å². The summed E-state index contributed by atoms with van der Waals surface area (Å²) in [5.74, 6) is 0.863. The number of allylic oxidation sites excluding steroid dienone is 2. The first kappa shape index (κ1) is 7.08. The van der Waals surface area contributed by atoms with Crippen LogP contribution >= 0.6 is 0 Å². The summed E-state index contributed by atoms with van der Waals surface area (Å²) in [4.78, 5) is 11.5. The van der Waals surface area contributed by atoms with Crippen molar-refractivity contribution in [3.8, 4) is 0 Å². The maximum Gasteiger partial charge on any atom is 0.161 e. The third-order valence-electron chi connectivity index (χ3n) is 2.70. The van der Waals surface area contributed by atoms with E-state index in [1.54, 1.807) is 0 Å². The monoisotopic (exact) mass is 150 g/mol. The zero-order valence-electron chi connectivity index (χ0n) is 6.81. The van der Waals surface area contributed by atoms with Crippen LogP contribution in [0, 0.1) is 5.92 Å². The molecule has 1 fully saturated rings. The molecule has 60 valence electrons. The van der Waals surface area contributed by atoms with Crippen molar-refractivity contribution >= 4 is 5.78 Å². The zero-order valence-corrected chi connectivity index (χ0v) is 6.81. The first-order valence-electron chi connectivity index (χ1n) is 4.61. The Balaban J connectivity index is 1.91. The predicted molar refractivity (Wildman–Crippen MR) is 44.3 cm³/mol. The van der Waals surface area contributed by atoms with Gasteiger partial charge in [-0.05, 0) is 24.8 Å². The van der Waals surface area contributed by atoms with E-state index in [4.69, 9.17) is 0 Å². The zero-order chi connectivity index (χ0) is 7.68. The van der Waals surface area contributed by atoms with Crippen molar-refractivity contribution in [3.63, 3.8) is 0 Å².